The fourth-order valence-electron chi connectivity index (χ4n) is 4.27. The largest absolute Gasteiger partial charge is 0.335 e. The Labute approximate surface area is 165 Å². The number of piperidine rings is 1. The summed E-state index contributed by atoms with van der Waals surface area (Å²) >= 11 is 0. The van der Waals surface area contributed by atoms with Gasteiger partial charge in [0.05, 0.1) is 0 Å². The van der Waals surface area contributed by atoms with Gasteiger partial charge in [-0.3, -0.25) is 9.59 Å². The number of carbonyl (C=O) groups is 3. The molecule has 0 radical (unpaired) electrons. The second-order valence-electron chi connectivity index (χ2n) is 7.81. The number of amides is 4. The molecule has 0 aliphatic carbocycles. The third-order valence-electron chi connectivity index (χ3n) is 5.96. The fourth-order valence-corrected chi connectivity index (χ4v) is 4.27. The van der Waals surface area contributed by atoms with Gasteiger partial charge < -0.3 is 19.6 Å². The molecule has 0 saturated carbocycles. The van der Waals surface area contributed by atoms with E-state index in [9.17, 15) is 14.4 Å². The first kappa shape index (κ1) is 18.8. The van der Waals surface area contributed by atoms with Crippen LogP contribution in [0.2, 0.25) is 0 Å². The van der Waals surface area contributed by atoms with E-state index in [2.05, 4.69) is 0 Å². The Morgan fingerprint density at radius 1 is 0.679 bits per heavy atom. The first-order valence-corrected chi connectivity index (χ1v) is 10.4. The summed E-state index contributed by atoms with van der Waals surface area (Å²) in [6.07, 6.45) is 4.87. The zero-order chi connectivity index (χ0) is 19.5. The molecule has 0 spiro atoms. The summed E-state index contributed by atoms with van der Waals surface area (Å²) in [7, 11) is 0. The normalized spacial score (nSPS) is 20.6. The molecular weight excluding hydrogens is 356 g/mol. The molecule has 4 amide bonds. The molecule has 1 aromatic carbocycles. The van der Waals surface area contributed by atoms with Gasteiger partial charge in [0, 0.05) is 63.5 Å². The quantitative estimate of drug-likeness (QED) is 0.785. The van der Waals surface area contributed by atoms with E-state index in [1.165, 1.54) is 6.42 Å². The van der Waals surface area contributed by atoms with Crippen LogP contribution in [-0.2, 0) is 4.79 Å². The van der Waals surface area contributed by atoms with Gasteiger partial charge in [0.2, 0.25) is 5.91 Å². The predicted octanol–water partition coefficient (Wildman–Crippen LogP) is 2.18. The number of piperazine rings is 1. The van der Waals surface area contributed by atoms with Crippen molar-refractivity contribution in [2.75, 3.05) is 50.7 Å². The molecule has 3 aliphatic heterocycles. The van der Waals surface area contributed by atoms with Crippen molar-refractivity contribution in [3.63, 3.8) is 0 Å². The molecule has 4 rings (SSSR count). The molecule has 3 saturated heterocycles. The van der Waals surface area contributed by atoms with Crippen molar-refractivity contribution < 1.29 is 14.4 Å². The topological polar surface area (TPSA) is 64.2 Å². The van der Waals surface area contributed by atoms with Crippen molar-refractivity contribution in [2.24, 2.45) is 0 Å². The molecule has 0 N–H and O–H groups in total. The minimum atomic E-state index is -0.00984. The van der Waals surface area contributed by atoms with Gasteiger partial charge in [0.1, 0.15) is 0 Å². The summed E-state index contributed by atoms with van der Waals surface area (Å²) in [5, 5.41) is 0. The molecule has 0 aromatic heterocycles. The Balaban J connectivity index is 1.32. The molecule has 3 fully saturated rings. The van der Waals surface area contributed by atoms with Crippen LogP contribution in [0.5, 0.6) is 0 Å². The number of rotatable bonds is 2. The van der Waals surface area contributed by atoms with Gasteiger partial charge in [-0.25, -0.2) is 4.79 Å². The summed E-state index contributed by atoms with van der Waals surface area (Å²) in [6, 6.07) is 7.42. The van der Waals surface area contributed by atoms with Gasteiger partial charge in [-0.05, 0) is 49.9 Å². The highest BCUT2D eigenvalue weighted by molar-refractivity contribution is 5.97. The number of carbonyl (C=O) groups excluding carboxylic acids is 3. The molecular formula is C21H28N4O3. The molecule has 1 aromatic rings. The monoisotopic (exact) mass is 384 g/mol. The third kappa shape index (κ3) is 3.84. The molecule has 0 bridgehead atoms. The Hall–Kier alpha value is -2.57. The molecule has 28 heavy (non-hydrogen) atoms. The maximum atomic E-state index is 12.8. The number of benzene rings is 1. The maximum Gasteiger partial charge on any atom is 0.320 e. The highest BCUT2D eigenvalue weighted by Crippen LogP contribution is 2.22. The molecule has 7 nitrogen and oxygen atoms in total. The minimum absolute atomic E-state index is 0.00984. The average Bonchev–Trinajstić information content (AvgIpc) is 3.19. The van der Waals surface area contributed by atoms with Crippen LogP contribution < -0.4 is 4.90 Å². The first-order chi connectivity index (χ1) is 13.6. The SMILES string of the molecule is O=C(c1ccc(N2CCCC2=O)cc1)N1CCN(C(=O)N2CCCCC2)CC1. The van der Waals surface area contributed by atoms with Crippen molar-refractivity contribution in [3.05, 3.63) is 29.8 Å². The van der Waals surface area contributed by atoms with Gasteiger partial charge in [0.15, 0.2) is 0 Å². The van der Waals surface area contributed by atoms with Crippen molar-refractivity contribution in [2.45, 2.75) is 32.1 Å². The van der Waals surface area contributed by atoms with Crippen LogP contribution in [0.4, 0.5) is 10.5 Å². The van der Waals surface area contributed by atoms with E-state index in [1.54, 1.807) is 17.0 Å². The molecule has 7 heteroatoms. The molecule has 3 heterocycles. The maximum absolute atomic E-state index is 12.8. The van der Waals surface area contributed by atoms with E-state index < -0.39 is 0 Å². The lowest BCUT2D eigenvalue weighted by molar-refractivity contribution is -0.117. The number of hydrogen-bond donors (Lipinski definition) is 0. The lowest BCUT2D eigenvalue weighted by atomic mass is 10.1. The van der Waals surface area contributed by atoms with Gasteiger partial charge >= 0.3 is 6.03 Å². The van der Waals surface area contributed by atoms with E-state index in [0.29, 0.717) is 38.2 Å². The van der Waals surface area contributed by atoms with E-state index >= 15 is 0 Å². The highest BCUT2D eigenvalue weighted by Gasteiger charge is 2.28. The summed E-state index contributed by atoms with van der Waals surface area (Å²) in [6.45, 7) is 4.74. The zero-order valence-electron chi connectivity index (χ0n) is 16.3. The zero-order valence-corrected chi connectivity index (χ0v) is 16.3. The Bertz CT molecular complexity index is 735. The molecule has 0 atom stereocenters. The van der Waals surface area contributed by atoms with Gasteiger partial charge in [-0.15, -0.1) is 0 Å². The lowest BCUT2D eigenvalue weighted by Gasteiger charge is -2.38. The number of nitrogens with zero attached hydrogens (tertiary/aromatic N) is 4. The molecule has 0 unspecified atom stereocenters. The predicted molar refractivity (Wildman–Crippen MR) is 106 cm³/mol. The number of likely N-dealkylation sites (tertiary alicyclic amines) is 1. The number of anilines is 1. The minimum Gasteiger partial charge on any atom is -0.335 e. The smallest absolute Gasteiger partial charge is 0.320 e. The van der Waals surface area contributed by atoms with Crippen LogP contribution >= 0.6 is 0 Å². The van der Waals surface area contributed by atoms with E-state index in [0.717, 1.165) is 44.6 Å². The second kappa shape index (κ2) is 8.20. The van der Waals surface area contributed by atoms with Crippen LogP contribution in [0.25, 0.3) is 0 Å². The van der Waals surface area contributed by atoms with E-state index in [-0.39, 0.29) is 17.8 Å². The number of urea groups is 1. The van der Waals surface area contributed by atoms with Crippen LogP contribution in [0.3, 0.4) is 0 Å². The fraction of sp³-hybridized carbons (Fsp3) is 0.571. The molecule has 150 valence electrons. The average molecular weight is 384 g/mol. The summed E-state index contributed by atoms with van der Waals surface area (Å²) in [5.74, 6) is 0.137. The van der Waals surface area contributed by atoms with Crippen molar-refractivity contribution in [1.29, 1.82) is 0 Å². The van der Waals surface area contributed by atoms with Crippen LogP contribution in [0.1, 0.15) is 42.5 Å². The van der Waals surface area contributed by atoms with Crippen LogP contribution in [0.15, 0.2) is 24.3 Å². The van der Waals surface area contributed by atoms with Crippen molar-refractivity contribution in [1.82, 2.24) is 14.7 Å². The van der Waals surface area contributed by atoms with Crippen LogP contribution in [0, 0.1) is 0 Å². The highest BCUT2D eigenvalue weighted by atomic mass is 16.2. The summed E-state index contributed by atoms with van der Waals surface area (Å²) in [4.78, 5) is 44.7. The standard InChI is InChI=1S/C21H28N4O3/c26-19-5-4-12-25(19)18-8-6-17(7-9-18)20(27)22-13-15-24(16-14-22)21(28)23-10-2-1-3-11-23/h6-9H,1-5,10-16H2. The van der Waals surface area contributed by atoms with Gasteiger partial charge in [-0.2, -0.15) is 0 Å². The summed E-state index contributed by atoms with van der Waals surface area (Å²) in [5.41, 5.74) is 1.49. The molecule has 3 aliphatic rings. The third-order valence-corrected chi connectivity index (χ3v) is 5.96. The first-order valence-electron chi connectivity index (χ1n) is 10.4. The van der Waals surface area contributed by atoms with E-state index in [4.69, 9.17) is 0 Å². The van der Waals surface area contributed by atoms with Gasteiger partial charge in [-0.1, -0.05) is 0 Å². The Kier molecular flexibility index (Phi) is 5.50. The van der Waals surface area contributed by atoms with Crippen molar-refractivity contribution >= 4 is 23.5 Å². The van der Waals surface area contributed by atoms with E-state index in [1.807, 2.05) is 26.8 Å². The second-order valence-corrected chi connectivity index (χ2v) is 7.81. The Morgan fingerprint density at radius 2 is 1.29 bits per heavy atom. The van der Waals surface area contributed by atoms with Crippen molar-refractivity contribution in [3.8, 4) is 0 Å². The number of hydrogen-bond acceptors (Lipinski definition) is 3. The Morgan fingerprint density at radius 3 is 1.89 bits per heavy atom. The van der Waals surface area contributed by atoms with Gasteiger partial charge in [0.25, 0.3) is 5.91 Å². The summed E-state index contributed by atoms with van der Waals surface area (Å²) < 4.78 is 0. The lowest BCUT2D eigenvalue weighted by Crippen LogP contribution is -2.54. The van der Waals surface area contributed by atoms with Crippen LogP contribution in [-0.4, -0.2) is 78.4 Å².